The summed E-state index contributed by atoms with van der Waals surface area (Å²) in [6.07, 6.45) is 0.611. The van der Waals surface area contributed by atoms with E-state index in [9.17, 15) is 9.90 Å². The fourth-order valence-electron chi connectivity index (χ4n) is 2.99. The van der Waals surface area contributed by atoms with Gasteiger partial charge < -0.3 is 9.84 Å². The molecule has 2 unspecified atom stereocenters. The molecular formula is C10H18O3. The van der Waals surface area contributed by atoms with Crippen LogP contribution in [-0.2, 0) is 9.53 Å². The number of carboxylic acids is 1. The van der Waals surface area contributed by atoms with E-state index < -0.39 is 17.0 Å². The average molecular weight is 186 g/mol. The number of rotatable bonds is 3. The van der Waals surface area contributed by atoms with Crippen molar-refractivity contribution in [1.82, 2.24) is 0 Å². The van der Waals surface area contributed by atoms with Crippen molar-refractivity contribution >= 4 is 5.97 Å². The molecular weight excluding hydrogens is 168 g/mol. The molecule has 0 aromatic carbocycles. The highest BCUT2D eigenvalue weighted by Crippen LogP contribution is 2.74. The van der Waals surface area contributed by atoms with Crippen LogP contribution in [0, 0.1) is 10.8 Å². The first-order chi connectivity index (χ1) is 5.81. The minimum absolute atomic E-state index is 0.282. The van der Waals surface area contributed by atoms with Gasteiger partial charge in [0.15, 0.2) is 0 Å². The Kier molecular flexibility index (Phi) is 2.00. The molecule has 3 heteroatoms. The van der Waals surface area contributed by atoms with Crippen molar-refractivity contribution in [2.24, 2.45) is 10.8 Å². The van der Waals surface area contributed by atoms with Crippen molar-refractivity contribution in [1.29, 1.82) is 0 Å². The Morgan fingerprint density at radius 2 is 1.85 bits per heavy atom. The number of carboxylic acid groups (broad SMARTS) is 1. The van der Waals surface area contributed by atoms with Gasteiger partial charge in [-0.2, -0.15) is 0 Å². The van der Waals surface area contributed by atoms with Crippen LogP contribution in [0.1, 0.15) is 34.1 Å². The normalized spacial score (nSPS) is 41.6. The molecule has 0 aliphatic heterocycles. The van der Waals surface area contributed by atoms with Crippen LogP contribution < -0.4 is 0 Å². The highest BCUT2D eigenvalue weighted by atomic mass is 16.5. The van der Waals surface area contributed by atoms with Gasteiger partial charge in [-0.15, -0.1) is 0 Å². The monoisotopic (exact) mass is 186 g/mol. The topological polar surface area (TPSA) is 46.5 Å². The second-order valence-electron chi connectivity index (χ2n) is 4.43. The molecule has 0 aromatic rings. The Morgan fingerprint density at radius 1 is 1.38 bits per heavy atom. The molecule has 1 rings (SSSR count). The third-order valence-corrected chi connectivity index (χ3v) is 4.32. The fraction of sp³-hybridized carbons (Fsp3) is 0.900. The molecule has 1 aliphatic rings. The fourth-order valence-corrected chi connectivity index (χ4v) is 2.99. The summed E-state index contributed by atoms with van der Waals surface area (Å²) in [6, 6.07) is 0. The SMILES string of the molecule is CCC1(C(=O)O)C(C)(C)C1(C)OC. The summed E-state index contributed by atoms with van der Waals surface area (Å²) in [6.45, 7) is 7.69. The highest BCUT2D eigenvalue weighted by molar-refractivity contribution is 5.83. The van der Waals surface area contributed by atoms with Crippen LogP contribution in [-0.4, -0.2) is 23.8 Å². The first kappa shape index (κ1) is 10.5. The molecule has 0 radical (unpaired) electrons. The molecule has 13 heavy (non-hydrogen) atoms. The van der Waals surface area contributed by atoms with Crippen LogP contribution in [0.15, 0.2) is 0 Å². The molecule has 3 nitrogen and oxygen atoms in total. The van der Waals surface area contributed by atoms with Crippen molar-refractivity contribution in [3.63, 3.8) is 0 Å². The lowest BCUT2D eigenvalue weighted by molar-refractivity contribution is -0.147. The predicted molar refractivity (Wildman–Crippen MR) is 49.6 cm³/mol. The zero-order chi connectivity index (χ0) is 10.5. The predicted octanol–water partition coefficient (Wildman–Crippen LogP) is 1.91. The van der Waals surface area contributed by atoms with Crippen LogP contribution in [0.4, 0.5) is 0 Å². The van der Waals surface area contributed by atoms with Crippen molar-refractivity contribution in [2.75, 3.05) is 7.11 Å². The number of hydrogen-bond donors (Lipinski definition) is 1. The van der Waals surface area contributed by atoms with Gasteiger partial charge >= 0.3 is 5.97 Å². The number of carbonyl (C=O) groups is 1. The van der Waals surface area contributed by atoms with E-state index in [1.54, 1.807) is 7.11 Å². The van der Waals surface area contributed by atoms with Gasteiger partial charge in [0.1, 0.15) is 5.41 Å². The number of hydrogen-bond acceptors (Lipinski definition) is 2. The van der Waals surface area contributed by atoms with Crippen LogP contribution >= 0.6 is 0 Å². The zero-order valence-corrected chi connectivity index (χ0v) is 8.97. The quantitative estimate of drug-likeness (QED) is 0.732. The van der Waals surface area contributed by atoms with Crippen LogP contribution in [0.25, 0.3) is 0 Å². The number of methoxy groups -OCH3 is 1. The minimum Gasteiger partial charge on any atom is -0.481 e. The highest BCUT2D eigenvalue weighted by Gasteiger charge is 2.84. The Bertz CT molecular complexity index is 247. The summed E-state index contributed by atoms with van der Waals surface area (Å²) in [5.41, 5.74) is -1.52. The maximum Gasteiger partial charge on any atom is 0.313 e. The summed E-state index contributed by atoms with van der Waals surface area (Å²) in [5.74, 6) is -0.746. The molecule has 0 bridgehead atoms. The van der Waals surface area contributed by atoms with Gasteiger partial charge in [-0.25, -0.2) is 0 Å². The van der Waals surface area contributed by atoms with E-state index in [2.05, 4.69) is 0 Å². The van der Waals surface area contributed by atoms with Crippen molar-refractivity contribution in [3.05, 3.63) is 0 Å². The summed E-state index contributed by atoms with van der Waals surface area (Å²) < 4.78 is 5.35. The van der Waals surface area contributed by atoms with E-state index in [1.165, 1.54) is 0 Å². The van der Waals surface area contributed by atoms with Gasteiger partial charge in [0, 0.05) is 12.5 Å². The van der Waals surface area contributed by atoms with Gasteiger partial charge in [0.25, 0.3) is 0 Å². The molecule has 1 aliphatic carbocycles. The average Bonchev–Trinajstić information content (AvgIpc) is 2.43. The molecule has 76 valence electrons. The maximum absolute atomic E-state index is 11.2. The summed E-state index contributed by atoms with van der Waals surface area (Å²) in [7, 11) is 1.59. The Morgan fingerprint density at radius 3 is 1.92 bits per heavy atom. The summed E-state index contributed by atoms with van der Waals surface area (Å²) >= 11 is 0. The van der Waals surface area contributed by atoms with E-state index in [0.29, 0.717) is 6.42 Å². The zero-order valence-electron chi connectivity index (χ0n) is 8.97. The van der Waals surface area contributed by atoms with Crippen molar-refractivity contribution < 1.29 is 14.6 Å². The maximum atomic E-state index is 11.2. The minimum atomic E-state index is -0.746. The smallest absolute Gasteiger partial charge is 0.313 e. The van der Waals surface area contributed by atoms with E-state index >= 15 is 0 Å². The van der Waals surface area contributed by atoms with Gasteiger partial charge in [-0.1, -0.05) is 20.8 Å². The van der Waals surface area contributed by atoms with Crippen molar-refractivity contribution in [2.45, 2.75) is 39.7 Å². The van der Waals surface area contributed by atoms with Gasteiger partial charge in [0.2, 0.25) is 0 Å². The van der Waals surface area contributed by atoms with Crippen LogP contribution in [0.2, 0.25) is 0 Å². The van der Waals surface area contributed by atoms with E-state index in [-0.39, 0.29) is 5.41 Å². The third-order valence-electron chi connectivity index (χ3n) is 4.32. The third kappa shape index (κ3) is 0.766. The largest absolute Gasteiger partial charge is 0.481 e. The molecule has 2 atom stereocenters. The summed E-state index contributed by atoms with van der Waals surface area (Å²) in [4.78, 5) is 11.2. The molecule has 1 N–H and O–H groups in total. The van der Waals surface area contributed by atoms with Gasteiger partial charge in [0.05, 0.1) is 5.60 Å². The Hall–Kier alpha value is -0.570. The molecule has 1 saturated carbocycles. The molecule has 0 aromatic heterocycles. The van der Waals surface area contributed by atoms with E-state index in [0.717, 1.165) is 0 Å². The van der Waals surface area contributed by atoms with E-state index in [4.69, 9.17) is 4.74 Å². The Labute approximate surface area is 79.1 Å². The lowest BCUT2D eigenvalue weighted by Gasteiger charge is -2.14. The number of aliphatic carboxylic acids is 1. The number of ether oxygens (including phenoxy) is 1. The lowest BCUT2D eigenvalue weighted by atomic mass is 9.93. The first-order valence-corrected chi connectivity index (χ1v) is 4.60. The van der Waals surface area contributed by atoms with E-state index in [1.807, 2.05) is 27.7 Å². The molecule has 0 saturated heterocycles. The van der Waals surface area contributed by atoms with Crippen LogP contribution in [0.5, 0.6) is 0 Å². The summed E-state index contributed by atoms with van der Waals surface area (Å²) in [5, 5.41) is 9.23. The molecule has 1 fully saturated rings. The van der Waals surface area contributed by atoms with Gasteiger partial charge in [-0.3, -0.25) is 4.79 Å². The molecule has 0 heterocycles. The molecule has 0 amide bonds. The van der Waals surface area contributed by atoms with Crippen LogP contribution in [0.3, 0.4) is 0 Å². The van der Waals surface area contributed by atoms with Gasteiger partial charge in [-0.05, 0) is 13.3 Å². The second kappa shape index (κ2) is 2.47. The first-order valence-electron chi connectivity index (χ1n) is 4.60. The standard InChI is InChI=1S/C10H18O3/c1-6-10(7(11)12)8(2,3)9(10,4)13-5/h6H2,1-5H3,(H,11,12). The lowest BCUT2D eigenvalue weighted by Crippen LogP contribution is -2.26. The second-order valence-corrected chi connectivity index (χ2v) is 4.43. The molecule has 0 spiro atoms. The Balaban J connectivity index is 3.14. The van der Waals surface area contributed by atoms with Crippen molar-refractivity contribution in [3.8, 4) is 0 Å².